The molecule has 0 spiro atoms. The Balaban J connectivity index is 1.84. The van der Waals surface area contributed by atoms with Gasteiger partial charge in [0, 0.05) is 4.88 Å². The number of aryl methyl sites for hydroxylation is 2. The number of nitriles is 1. The zero-order valence-corrected chi connectivity index (χ0v) is 14.1. The minimum absolute atomic E-state index is 0.195. The first-order valence-electron chi connectivity index (χ1n) is 8.08. The van der Waals surface area contributed by atoms with Crippen LogP contribution in [0.4, 0.5) is 4.39 Å². The fraction of sp³-hybridized carbons (Fsp3) is 0.211. The van der Waals surface area contributed by atoms with Crippen LogP contribution in [0.15, 0.2) is 29.1 Å². The first kappa shape index (κ1) is 15.7. The predicted molar refractivity (Wildman–Crippen MR) is 96.8 cm³/mol. The van der Waals surface area contributed by atoms with Crippen LogP contribution in [0.1, 0.15) is 34.7 Å². The summed E-state index contributed by atoms with van der Waals surface area (Å²) < 4.78 is 13.0. The maximum atomic E-state index is 13.0. The van der Waals surface area contributed by atoms with Crippen LogP contribution in [0.3, 0.4) is 0 Å². The monoisotopic (exact) mass is 351 g/mol. The molecule has 124 valence electrons. The average Bonchev–Trinajstić information content (AvgIpc) is 3.00. The molecular weight excluding hydrogens is 337 g/mol. The molecule has 4 nitrogen and oxygen atoms in total. The molecule has 0 saturated heterocycles. The van der Waals surface area contributed by atoms with Crippen LogP contribution >= 0.6 is 11.3 Å². The van der Waals surface area contributed by atoms with Crippen molar-refractivity contribution in [1.82, 2.24) is 9.97 Å². The fourth-order valence-electron chi connectivity index (χ4n) is 3.17. The van der Waals surface area contributed by atoms with E-state index in [-0.39, 0.29) is 22.8 Å². The molecule has 1 N–H and O–H groups in total. The summed E-state index contributed by atoms with van der Waals surface area (Å²) in [5.41, 5.74) is 1.84. The molecule has 2 aromatic heterocycles. The zero-order valence-electron chi connectivity index (χ0n) is 13.3. The molecule has 2 heterocycles. The van der Waals surface area contributed by atoms with Gasteiger partial charge in [0.15, 0.2) is 5.82 Å². The van der Waals surface area contributed by atoms with Crippen LogP contribution in [0.2, 0.25) is 0 Å². The number of nitrogens with zero attached hydrogens (tertiary/aromatic N) is 2. The van der Waals surface area contributed by atoms with Gasteiger partial charge in [0.2, 0.25) is 0 Å². The van der Waals surface area contributed by atoms with Gasteiger partial charge in [-0.15, -0.1) is 11.3 Å². The first-order chi connectivity index (χ1) is 12.2. The SMILES string of the molecule is N#CC(=Cc1ccc(F)cc1)c1nc2sc3c(c2c(=O)[nH]1)CCCC3. The summed E-state index contributed by atoms with van der Waals surface area (Å²) >= 11 is 1.55. The quantitative estimate of drug-likeness (QED) is 0.708. The maximum Gasteiger partial charge on any atom is 0.260 e. The molecule has 6 heteroatoms. The number of aromatic amines is 1. The van der Waals surface area contributed by atoms with E-state index in [2.05, 4.69) is 16.0 Å². The number of benzene rings is 1. The lowest BCUT2D eigenvalue weighted by atomic mass is 9.97. The number of rotatable bonds is 2. The average molecular weight is 351 g/mol. The molecule has 1 aliphatic rings. The number of hydrogen-bond donors (Lipinski definition) is 1. The van der Waals surface area contributed by atoms with E-state index in [1.807, 2.05) is 0 Å². The summed E-state index contributed by atoms with van der Waals surface area (Å²) in [5, 5.41) is 10.1. The van der Waals surface area contributed by atoms with Crippen molar-refractivity contribution in [1.29, 1.82) is 5.26 Å². The Kier molecular flexibility index (Phi) is 3.94. The highest BCUT2D eigenvalue weighted by atomic mass is 32.1. The molecule has 25 heavy (non-hydrogen) atoms. The molecule has 1 aliphatic carbocycles. The van der Waals surface area contributed by atoms with Gasteiger partial charge in [0.1, 0.15) is 16.7 Å². The molecular formula is C19H14FN3OS. The number of H-pyrrole nitrogens is 1. The maximum absolute atomic E-state index is 13.0. The third kappa shape index (κ3) is 2.87. The van der Waals surface area contributed by atoms with Crippen molar-refractivity contribution in [3.8, 4) is 6.07 Å². The van der Waals surface area contributed by atoms with E-state index in [0.29, 0.717) is 15.8 Å². The highest BCUT2D eigenvalue weighted by molar-refractivity contribution is 7.18. The van der Waals surface area contributed by atoms with Gasteiger partial charge < -0.3 is 4.98 Å². The highest BCUT2D eigenvalue weighted by Crippen LogP contribution is 2.33. The number of halogens is 1. The molecule has 3 aromatic rings. The summed E-state index contributed by atoms with van der Waals surface area (Å²) in [7, 11) is 0. The van der Waals surface area contributed by atoms with Crippen LogP contribution in [0.25, 0.3) is 21.9 Å². The van der Waals surface area contributed by atoms with E-state index in [1.165, 1.54) is 17.0 Å². The van der Waals surface area contributed by atoms with Crippen molar-refractivity contribution in [2.45, 2.75) is 25.7 Å². The lowest BCUT2D eigenvalue weighted by Crippen LogP contribution is -2.12. The third-order valence-electron chi connectivity index (χ3n) is 4.38. The van der Waals surface area contributed by atoms with Crippen LogP contribution < -0.4 is 5.56 Å². The second kappa shape index (κ2) is 6.26. The minimum atomic E-state index is -0.340. The predicted octanol–water partition coefficient (Wildman–Crippen LogP) is 4.07. The standard InChI is InChI=1S/C19H14FN3OS/c20-13-7-5-11(6-8-13)9-12(10-21)17-22-18(24)16-14-3-1-2-4-15(14)25-19(16)23-17/h5-9H,1-4H2,(H,22,23,24). The van der Waals surface area contributed by atoms with Gasteiger partial charge in [-0.25, -0.2) is 9.37 Å². The summed E-state index contributed by atoms with van der Waals surface area (Å²) in [4.78, 5) is 21.8. The Morgan fingerprint density at radius 2 is 2.04 bits per heavy atom. The molecule has 1 aromatic carbocycles. The topological polar surface area (TPSA) is 69.5 Å². The van der Waals surface area contributed by atoms with Crippen molar-refractivity contribution >= 4 is 33.2 Å². The molecule has 0 saturated carbocycles. The molecule has 0 amide bonds. The summed E-state index contributed by atoms with van der Waals surface area (Å²) in [6.07, 6.45) is 5.72. The van der Waals surface area contributed by atoms with E-state index in [1.54, 1.807) is 29.5 Å². The zero-order chi connectivity index (χ0) is 17.4. The lowest BCUT2D eigenvalue weighted by molar-refractivity contribution is 0.628. The molecule has 0 fully saturated rings. The number of fused-ring (bicyclic) bond motifs is 3. The van der Waals surface area contributed by atoms with E-state index in [9.17, 15) is 14.4 Å². The Morgan fingerprint density at radius 3 is 2.80 bits per heavy atom. The molecule has 0 atom stereocenters. The van der Waals surface area contributed by atoms with Crippen molar-refractivity contribution in [3.05, 3.63) is 62.3 Å². The van der Waals surface area contributed by atoms with Crippen LogP contribution in [-0.2, 0) is 12.8 Å². The summed E-state index contributed by atoms with van der Waals surface area (Å²) in [6, 6.07) is 7.88. The minimum Gasteiger partial charge on any atom is -0.305 e. The number of thiophene rings is 1. The fourth-order valence-corrected chi connectivity index (χ4v) is 4.43. The second-order valence-corrected chi connectivity index (χ2v) is 7.11. The van der Waals surface area contributed by atoms with E-state index in [0.717, 1.165) is 31.2 Å². The summed E-state index contributed by atoms with van der Waals surface area (Å²) in [5.74, 6) is -0.0873. The molecule has 0 unspecified atom stereocenters. The second-order valence-electron chi connectivity index (χ2n) is 6.03. The van der Waals surface area contributed by atoms with Crippen LogP contribution in [0, 0.1) is 17.1 Å². The van der Waals surface area contributed by atoms with E-state index < -0.39 is 0 Å². The normalized spacial score (nSPS) is 14.3. The van der Waals surface area contributed by atoms with Crippen LogP contribution in [0.5, 0.6) is 0 Å². The van der Waals surface area contributed by atoms with Gasteiger partial charge >= 0.3 is 0 Å². The third-order valence-corrected chi connectivity index (χ3v) is 5.57. The van der Waals surface area contributed by atoms with E-state index >= 15 is 0 Å². The van der Waals surface area contributed by atoms with Crippen molar-refractivity contribution in [3.63, 3.8) is 0 Å². The molecule has 0 aliphatic heterocycles. The largest absolute Gasteiger partial charge is 0.305 e. The Morgan fingerprint density at radius 1 is 1.28 bits per heavy atom. The molecule has 0 bridgehead atoms. The molecule has 4 rings (SSSR count). The van der Waals surface area contributed by atoms with Crippen molar-refractivity contribution in [2.75, 3.05) is 0 Å². The lowest BCUT2D eigenvalue weighted by Gasteiger charge is -2.09. The Hall–Kier alpha value is -2.78. The van der Waals surface area contributed by atoms with Gasteiger partial charge in [-0.05, 0) is 55.0 Å². The molecule has 0 radical (unpaired) electrons. The number of aromatic nitrogens is 2. The van der Waals surface area contributed by atoms with Gasteiger partial charge in [0.05, 0.1) is 11.0 Å². The highest BCUT2D eigenvalue weighted by Gasteiger charge is 2.20. The van der Waals surface area contributed by atoms with Crippen molar-refractivity contribution < 1.29 is 4.39 Å². The van der Waals surface area contributed by atoms with Crippen molar-refractivity contribution in [2.24, 2.45) is 0 Å². The first-order valence-corrected chi connectivity index (χ1v) is 8.89. The Labute approximate surface area is 147 Å². The number of allylic oxidation sites excluding steroid dienone is 1. The summed E-state index contributed by atoms with van der Waals surface area (Å²) in [6.45, 7) is 0. The van der Waals surface area contributed by atoms with Gasteiger partial charge in [-0.1, -0.05) is 12.1 Å². The van der Waals surface area contributed by atoms with Gasteiger partial charge in [0.25, 0.3) is 5.56 Å². The smallest absolute Gasteiger partial charge is 0.260 e. The number of nitrogens with one attached hydrogen (secondary N) is 1. The number of hydrogen-bond acceptors (Lipinski definition) is 4. The Bertz CT molecular complexity index is 1090. The van der Waals surface area contributed by atoms with Crippen LogP contribution in [-0.4, -0.2) is 9.97 Å². The van der Waals surface area contributed by atoms with Gasteiger partial charge in [-0.2, -0.15) is 5.26 Å². The van der Waals surface area contributed by atoms with E-state index in [4.69, 9.17) is 0 Å². The van der Waals surface area contributed by atoms with Gasteiger partial charge in [-0.3, -0.25) is 4.79 Å².